The molecule has 0 aromatic heterocycles. The second-order valence-electron chi connectivity index (χ2n) is 4.80. The molecule has 1 aromatic carbocycles. The second-order valence-corrected chi connectivity index (χ2v) is 4.80. The number of hydrogen-bond donors (Lipinski definition) is 0. The van der Waals surface area contributed by atoms with E-state index in [9.17, 15) is 4.79 Å². The summed E-state index contributed by atoms with van der Waals surface area (Å²) < 4.78 is 5.31. The van der Waals surface area contributed by atoms with Gasteiger partial charge < -0.3 is 4.74 Å². The Kier molecular flexibility index (Phi) is 6.94. The van der Waals surface area contributed by atoms with Gasteiger partial charge in [0.05, 0.1) is 13.0 Å². The minimum Gasteiger partial charge on any atom is -0.465 e. The van der Waals surface area contributed by atoms with Crippen LogP contribution < -0.4 is 0 Å². The molecule has 0 saturated carbocycles. The summed E-state index contributed by atoms with van der Waals surface area (Å²) in [6.07, 6.45) is 4.32. The first-order valence-electron chi connectivity index (χ1n) is 6.99. The predicted molar refractivity (Wildman–Crippen MR) is 78.9 cm³/mol. The quantitative estimate of drug-likeness (QED) is 0.543. The van der Waals surface area contributed by atoms with Gasteiger partial charge in [0.25, 0.3) is 0 Å². The molecule has 1 unspecified atom stereocenters. The van der Waals surface area contributed by atoms with Crippen LogP contribution in [0.15, 0.2) is 42.0 Å². The molecule has 0 heterocycles. The lowest BCUT2D eigenvalue weighted by Gasteiger charge is -2.14. The Bertz CT molecular complexity index is 407. The number of esters is 1. The van der Waals surface area contributed by atoms with Crippen LogP contribution in [0.1, 0.15) is 39.2 Å². The zero-order valence-corrected chi connectivity index (χ0v) is 12.2. The third-order valence-corrected chi connectivity index (χ3v) is 3.50. The zero-order chi connectivity index (χ0) is 14.1. The Morgan fingerprint density at radius 2 is 2.00 bits per heavy atom. The fourth-order valence-electron chi connectivity index (χ4n) is 2.05. The third-order valence-electron chi connectivity index (χ3n) is 3.50. The molecule has 0 bridgehead atoms. The van der Waals surface area contributed by atoms with Crippen molar-refractivity contribution < 1.29 is 9.53 Å². The molecule has 104 valence electrons. The van der Waals surface area contributed by atoms with Crippen LogP contribution in [0.2, 0.25) is 0 Å². The normalized spacial score (nSPS) is 13.1. The maximum Gasteiger partial charge on any atom is 0.306 e. The van der Waals surface area contributed by atoms with Crippen LogP contribution in [0, 0.1) is 5.92 Å². The van der Waals surface area contributed by atoms with Gasteiger partial charge in [-0.05, 0) is 31.7 Å². The maximum atomic E-state index is 11.8. The van der Waals surface area contributed by atoms with Crippen LogP contribution in [0.4, 0.5) is 0 Å². The molecular weight excluding hydrogens is 236 g/mol. The van der Waals surface area contributed by atoms with Gasteiger partial charge in [0.2, 0.25) is 0 Å². The molecule has 0 N–H and O–H groups in total. The van der Waals surface area contributed by atoms with Crippen molar-refractivity contribution in [1.82, 2.24) is 0 Å². The molecule has 0 fully saturated rings. The minimum atomic E-state index is -0.0935. The molecule has 0 saturated heterocycles. The average molecular weight is 260 g/mol. The third kappa shape index (κ3) is 5.73. The van der Waals surface area contributed by atoms with Crippen molar-refractivity contribution in [2.75, 3.05) is 6.61 Å². The van der Waals surface area contributed by atoms with Gasteiger partial charge in [0.1, 0.15) is 0 Å². The lowest BCUT2D eigenvalue weighted by atomic mass is 9.94. The molecule has 0 aliphatic rings. The van der Waals surface area contributed by atoms with Crippen molar-refractivity contribution in [3.8, 4) is 0 Å². The number of carbonyl (C=O) groups is 1. The summed E-state index contributed by atoms with van der Waals surface area (Å²) in [5.74, 6) is 0.221. The van der Waals surface area contributed by atoms with E-state index >= 15 is 0 Å². The minimum absolute atomic E-state index is 0.0935. The zero-order valence-electron chi connectivity index (χ0n) is 12.2. The molecule has 0 spiro atoms. The summed E-state index contributed by atoms with van der Waals surface area (Å²) >= 11 is 0. The molecule has 2 heteroatoms. The van der Waals surface area contributed by atoms with E-state index in [1.54, 1.807) is 0 Å². The van der Waals surface area contributed by atoms with Crippen molar-refractivity contribution in [1.29, 1.82) is 0 Å². The van der Waals surface area contributed by atoms with Gasteiger partial charge in [-0.1, -0.05) is 48.9 Å². The van der Waals surface area contributed by atoms with Gasteiger partial charge in [-0.2, -0.15) is 0 Å². The largest absolute Gasteiger partial charge is 0.465 e. The highest BCUT2D eigenvalue weighted by Crippen LogP contribution is 2.19. The summed E-state index contributed by atoms with van der Waals surface area (Å²) in [6, 6.07) is 10.1. The lowest BCUT2D eigenvalue weighted by molar-refractivity contribution is -0.144. The summed E-state index contributed by atoms with van der Waals surface area (Å²) in [5, 5.41) is 0. The number of ether oxygens (including phenoxy) is 1. The topological polar surface area (TPSA) is 26.3 Å². The Morgan fingerprint density at radius 1 is 1.32 bits per heavy atom. The molecule has 0 aliphatic heterocycles. The monoisotopic (exact) mass is 260 g/mol. The van der Waals surface area contributed by atoms with Crippen LogP contribution in [0.5, 0.6) is 0 Å². The van der Waals surface area contributed by atoms with Crippen molar-refractivity contribution in [2.24, 2.45) is 5.92 Å². The van der Waals surface area contributed by atoms with Crippen molar-refractivity contribution in [3.63, 3.8) is 0 Å². The summed E-state index contributed by atoms with van der Waals surface area (Å²) in [5.41, 5.74) is 2.47. The Labute approximate surface area is 116 Å². The molecule has 1 rings (SSSR count). The molecule has 19 heavy (non-hydrogen) atoms. The van der Waals surface area contributed by atoms with E-state index in [0.29, 0.717) is 18.9 Å². The molecule has 0 radical (unpaired) electrons. The van der Waals surface area contributed by atoms with Crippen LogP contribution in [-0.2, 0) is 16.0 Å². The first kappa shape index (κ1) is 15.5. The maximum absolute atomic E-state index is 11.8. The van der Waals surface area contributed by atoms with E-state index in [0.717, 1.165) is 12.8 Å². The number of hydrogen-bond acceptors (Lipinski definition) is 2. The van der Waals surface area contributed by atoms with Crippen LogP contribution in [-0.4, -0.2) is 12.6 Å². The van der Waals surface area contributed by atoms with Crippen LogP contribution in [0.25, 0.3) is 0 Å². The number of rotatable bonds is 7. The van der Waals surface area contributed by atoms with E-state index < -0.39 is 0 Å². The summed E-state index contributed by atoms with van der Waals surface area (Å²) in [7, 11) is 0. The van der Waals surface area contributed by atoms with Gasteiger partial charge in [-0.25, -0.2) is 0 Å². The van der Waals surface area contributed by atoms with Gasteiger partial charge in [0, 0.05) is 6.42 Å². The Morgan fingerprint density at radius 3 is 2.58 bits per heavy atom. The first-order valence-corrected chi connectivity index (χ1v) is 6.99. The average Bonchev–Trinajstić information content (AvgIpc) is 2.45. The van der Waals surface area contributed by atoms with Crippen molar-refractivity contribution in [2.45, 2.75) is 40.0 Å². The fourth-order valence-corrected chi connectivity index (χ4v) is 2.05. The molecule has 0 amide bonds. The standard InChI is InChI=1S/C17H24O2/c1-4-14(3)16(5-2)13-17(18)19-12-11-15-9-7-6-8-10-15/h4,6-10,16H,5,11-13H2,1-3H3/b14-4-. The summed E-state index contributed by atoms with van der Waals surface area (Å²) in [4.78, 5) is 11.8. The number of carbonyl (C=O) groups excluding carboxylic acids is 1. The van der Waals surface area contributed by atoms with Crippen molar-refractivity contribution >= 4 is 5.97 Å². The van der Waals surface area contributed by atoms with Gasteiger partial charge in [-0.3, -0.25) is 4.79 Å². The van der Waals surface area contributed by atoms with Crippen LogP contribution >= 0.6 is 0 Å². The molecular formula is C17H24O2. The molecule has 1 aromatic rings. The van der Waals surface area contributed by atoms with E-state index in [2.05, 4.69) is 19.9 Å². The van der Waals surface area contributed by atoms with E-state index in [4.69, 9.17) is 4.74 Å². The predicted octanol–water partition coefficient (Wildman–Crippen LogP) is 4.15. The first-order chi connectivity index (χ1) is 9.17. The number of benzene rings is 1. The Hall–Kier alpha value is -1.57. The van der Waals surface area contributed by atoms with Crippen LogP contribution in [0.3, 0.4) is 0 Å². The molecule has 2 nitrogen and oxygen atoms in total. The summed E-state index contributed by atoms with van der Waals surface area (Å²) in [6.45, 7) is 6.66. The highest BCUT2D eigenvalue weighted by Gasteiger charge is 2.14. The molecule has 1 atom stereocenters. The highest BCUT2D eigenvalue weighted by atomic mass is 16.5. The molecule has 0 aliphatic carbocycles. The second kappa shape index (κ2) is 8.52. The Balaban J connectivity index is 2.31. The number of allylic oxidation sites excluding steroid dienone is 2. The lowest BCUT2D eigenvalue weighted by Crippen LogP contribution is -2.13. The smallest absolute Gasteiger partial charge is 0.306 e. The highest BCUT2D eigenvalue weighted by molar-refractivity contribution is 5.70. The van der Waals surface area contributed by atoms with E-state index in [1.165, 1.54) is 11.1 Å². The fraction of sp³-hybridized carbons (Fsp3) is 0.471. The van der Waals surface area contributed by atoms with Gasteiger partial charge >= 0.3 is 5.97 Å². The van der Waals surface area contributed by atoms with Gasteiger partial charge in [0.15, 0.2) is 0 Å². The van der Waals surface area contributed by atoms with Crippen molar-refractivity contribution in [3.05, 3.63) is 47.5 Å². The van der Waals surface area contributed by atoms with E-state index in [-0.39, 0.29) is 5.97 Å². The van der Waals surface area contributed by atoms with E-state index in [1.807, 2.05) is 37.3 Å². The SMILES string of the molecule is C/C=C(/C)C(CC)CC(=O)OCCc1ccccc1. The van der Waals surface area contributed by atoms with Gasteiger partial charge in [-0.15, -0.1) is 0 Å².